The van der Waals surface area contributed by atoms with E-state index in [0.717, 1.165) is 40.3 Å². The lowest BCUT2D eigenvalue weighted by Crippen LogP contribution is -2.31. The molecule has 0 aliphatic rings. The summed E-state index contributed by atoms with van der Waals surface area (Å²) in [6, 6.07) is 7.64. The SMILES string of the molecule is CCCc1nc2ccccc2n1[C@H](C)C(=O)NCc1snnc1C. The quantitative estimate of drug-likeness (QED) is 0.747. The molecule has 126 valence electrons. The smallest absolute Gasteiger partial charge is 0.243 e. The van der Waals surface area contributed by atoms with Crippen LogP contribution in [0.5, 0.6) is 0 Å². The highest BCUT2D eigenvalue weighted by Crippen LogP contribution is 2.22. The average molecular weight is 343 g/mol. The van der Waals surface area contributed by atoms with Crippen molar-refractivity contribution in [2.45, 2.75) is 46.2 Å². The number of carbonyl (C=O) groups is 1. The van der Waals surface area contributed by atoms with Crippen molar-refractivity contribution >= 4 is 28.5 Å². The van der Waals surface area contributed by atoms with Gasteiger partial charge in [-0.25, -0.2) is 4.98 Å². The first kappa shape index (κ1) is 16.6. The summed E-state index contributed by atoms with van der Waals surface area (Å²) in [7, 11) is 0. The van der Waals surface area contributed by atoms with Gasteiger partial charge in [0.1, 0.15) is 11.9 Å². The fourth-order valence-corrected chi connectivity index (χ4v) is 3.34. The van der Waals surface area contributed by atoms with E-state index >= 15 is 0 Å². The van der Waals surface area contributed by atoms with E-state index in [2.05, 4.69) is 21.8 Å². The number of amides is 1. The second-order valence-electron chi connectivity index (χ2n) is 5.81. The van der Waals surface area contributed by atoms with E-state index in [1.807, 2.05) is 42.7 Å². The molecule has 24 heavy (non-hydrogen) atoms. The Hall–Kier alpha value is -2.28. The predicted octanol–water partition coefficient (Wildman–Crippen LogP) is 3.03. The summed E-state index contributed by atoms with van der Waals surface area (Å²) in [6.45, 7) is 6.40. The fraction of sp³-hybridized carbons (Fsp3) is 0.412. The average Bonchev–Trinajstić information content (AvgIpc) is 3.15. The minimum absolute atomic E-state index is 0.0247. The molecule has 0 aliphatic heterocycles. The molecule has 3 rings (SSSR count). The van der Waals surface area contributed by atoms with Crippen molar-refractivity contribution in [1.82, 2.24) is 24.5 Å². The van der Waals surface area contributed by atoms with Crippen LogP contribution in [0.2, 0.25) is 0 Å². The third-order valence-corrected chi connectivity index (χ3v) is 4.90. The van der Waals surface area contributed by atoms with Crippen molar-refractivity contribution in [3.63, 3.8) is 0 Å². The summed E-state index contributed by atoms with van der Waals surface area (Å²) >= 11 is 1.32. The van der Waals surface area contributed by atoms with Gasteiger partial charge in [-0.1, -0.05) is 23.5 Å². The summed E-state index contributed by atoms with van der Waals surface area (Å²) in [6.07, 6.45) is 1.84. The lowest BCUT2D eigenvalue weighted by Gasteiger charge is -2.17. The molecular formula is C17H21N5OS. The van der Waals surface area contributed by atoms with E-state index < -0.39 is 0 Å². The van der Waals surface area contributed by atoms with Crippen molar-refractivity contribution < 1.29 is 4.79 Å². The van der Waals surface area contributed by atoms with E-state index in [9.17, 15) is 4.79 Å². The zero-order valence-electron chi connectivity index (χ0n) is 14.1. The third kappa shape index (κ3) is 3.17. The van der Waals surface area contributed by atoms with E-state index in [-0.39, 0.29) is 11.9 Å². The number of carbonyl (C=O) groups excluding carboxylic acids is 1. The van der Waals surface area contributed by atoms with Crippen LogP contribution < -0.4 is 5.32 Å². The molecule has 0 aliphatic carbocycles. The van der Waals surface area contributed by atoms with Gasteiger partial charge in [0.25, 0.3) is 0 Å². The van der Waals surface area contributed by atoms with Crippen molar-refractivity contribution in [2.24, 2.45) is 0 Å². The Morgan fingerprint density at radius 2 is 2.17 bits per heavy atom. The van der Waals surface area contributed by atoms with Crippen LogP contribution in [0.15, 0.2) is 24.3 Å². The van der Waals surface area contributed by atoms with Crippen molar-refractivity contribution in [2.75, 3.05) is 0 Å². The van der Waals surface area contributed by atoms with Gasteiger partial charge in [-0.15, -0.1) is 5.10 Å². The molecule has 1 aromatic carbocycles. The normalized spacial score (nSPS) is 12.5. The standard InChI is InChI=1S/C17H21N5OS/c1-4-7-16-19-13-8-5-6-9-14(13)22(16)12(3)17(23)18-10-15-11(2)20-21-24-15/h5-6,8-9,12H,4,7,10H2,1-3H3,(H,18,23)/t12-/m1/s1. The van der Waals surface area contributed by atoms with Gasteiger partial charge in [0.05, 0.1) is 28.1 Å². The number of rotatable bonds is 6. The van der Waals surface area contributed by atoms with Crippen LogP contribution in [0, 0.1) is 6.92 Å². The first-order valence-electron chi connectivity index (χ1n) is 8.13. The molecule has 1 atom stereocenters. The number of fused-ring (bicyclic) bond motifs is 1. The number of hydrogen-bond donors (Lipinski definition) is 1. The minimum atomic E-state index is -0.319. The maximum atomic E-state index is 12.7. The maximum Gasteiger partial charge on any atom is 0.243 e. The summed E-state index contributed by atoms with van der Waals surface area (Å²) in [4.78, 5) is 18.3. The highest BCUT2D eigenvalue weighted by atomic mass is 32.1. The molecule has 2 aromatic heterocycles. The van der Waals surface area contributed by atoms with Crippen LogP contribution in [0.1, 0.15) is 42.7 Å². The molecule has 0 radical (unpaired) electrons. The monoisotopic (exact) mass is 343 g/mol. The number of imidazole rings is 1. The first-order chi connectivity index (χ1) is 11.6. The van der Waals surface area contributed by atoms with E-state index in [1.165, 1.54) is 11.5 Å². The Labute approximate surface area is 145 Å². The molecule has 0 saturated heterocycles. The van der Waals surface area contributed by atoms with Gasteiger partial charge < -0.3 is 9.88 Å². The van der Waals surface area contributed by atoms with Gasteiger partial charge >= 0.3 is 0 Å². The van der Waals surface area contributed by atoms with E-state index in [1.54, 1.807) is 0 Å². The molecule has 6 nitrogen and oxygen atoms in total. The molecule has 2 heterocycles. The lowest BCUT2D eigenvalue weighted by atomic mass is 10.2. The van der Waals surface area contributed by atoms with Gasteiger partial charge in [-0.3, -0.25) is 4.79 Å². The van der Waals surface area contributed by atoms with Gasteiger partial charge in [0, 0.05) is 6.42 Å². The zero-order chi connectivity index (χ0) is 17.1. The Morgan fingerprint density at radius 3 is 2.88 bits per heavy atom. The van der Waals surface area contributed by atoms with E-state index in [4.69, 9.17) is 4.98 Å². The zero-order valence-corrected chi connectivity index (χ0v) is 14.9. The second kappa shape index (κ2) is 7.09. The number of para-hydroxylation sites is 2. The topological polar surface area (TPSA) is 72.7 Å². The number of aryl methyl sites for hydroxylation is 2. The van der Waals surface area contributed by atoms with Crippen molar-refractivity contribution in [1.29, 1.82) is 0 Å². The second-order valence-corrected chi connectivity index (χ2v) is 6.65. The summed E-state index contributed by atoms with van der Waals surface area (Å²) in [5.74, 6) is 0.931. The molecule has 0 spiro atoms. The van der Waals surface area contributed by atoms with Crippen LogP contribution >= 0.6 is 11.5 Å². The summed E-state index contributed by atoms with van der Waals surface area (Å²) in [5, 5.41) is 6.96. The van der Waals surface area contributed by atoms with Crippen molar-refractivity contribution in [3.8, 4) is 0 Å². The number of hydrogen-bond acceptors (Lipinski definition) is 5. The molecule has 0 bridgehead atoms. The molecule has 1 amide bonds. The molecular weight excluding hydrogens is 322 g/mol. The number of benzene rings is 1. The van der Waals surface area contributed by atoms with Crippen molar-refractivity contribution in [3.05, 3.63) is 40.7 Å². The molecule has 0 saturated carbocycles. The highest BCUT2D eigenvalue weighted by Gasteiger charge is 2.21. The van der Waals surface area contributed by atoms with Gasteiger partial charge in [0.15, 0.2) is 0 Å². The molecule has 3 aromatic rings. The molecule has 0 fully saturated rings. The van der Waals surface area contributed by atoms with Gasteiger partial charge in [-0.05, 0) is 43.9 Å². The fourth-order valence-electron chi connectivity index (χ4n) is 2.77. The number of nitrogens with one attached hydrogen (secondary N) is 1. The van der Waals surface area contributed by atoms with Crippen LogP contribution in [0.4, 0.5) is 0 Å². The minimum Gasteiger partial charge on any atom is -0.349 e. The third-order valence-electron chi connectivity index (χ3n) is 4.08. The summed E-state index contributed by atoms with van der Waals surface area (Å²) < 4.78 is 5.95. The molecule has 0 unspecified atom stereocenters. The van der Waals surface area contributed by atoms with Crippen LogP contribution in [0.3, 0.4) is 0 Å². The lowest BCUT2D eigenvalue weighted by molar-refractivity contribution is -0.124. The summed E-state index contributed by atoms with van der Waals surface area (Å²) in [5.41, 5.74) is 2.80. The molecule has 7 heteroatoms. The van der Waals surface area contributed by atoms with Crippen LogP contribution in [-0.2, 0) is 17.8 Å². The molecule has 1 N–H and O–H groups in total. The van der Waals surface area contributed by atoms with Gasteiger partial charge in [0.2, 0.25) is 5.91 Å². The Balaban J connectivity index is 1.84. The maximum absolute atomic E-state index is 12.7. The predicted molar refractivity (Wildman–Crippen MR) is 94.9 cm³/mol. The Morgan fingerprint density at radius 1 is 1.38 bits per heavy atom. The highest BCUT2D eigenvalue weighted by molar-refractivity contribution is 7.05. The van der Waals surface area contributed by atoms with Crippen LogP contribution in [0.25, 0.3) is 11.0 Å². The largest absolute Gasteiger partial charge is 0.349 e. The number of nitrogens with zero attached hydrogens (tertiary/aromatic N) is 4. The Bertz CT molecular complexity index is 854. The van der Waals surface area contributed by atoms with Gasteiger partial charge in [-0.2, -0.15) is 0 Å². The van der Waals surface area contributed by atoms with Crippen LogP contribution in [-0.4, -0.2) is 25.0 Å². The Kier molecular flexibility index (Phi) is 4.89. The first-order valence-corrected chi connectivity index (χ1v) is 8.90. The van der Waals surface area contributed by atoms with E-state index in [0.29, 0.717) is 6.54 Å². The number of aromatic nitrogens is 4.